The van der Waals surface area contributed by atoms with E-state index in [2.05, 4.69) is 20.3 Å². The summed E-state index contributed by atoms with van der Waals surface area (Å²) in [6, 6.07) is 4.67. The molecule has 44 heavy (non-hydrogen) atoms. The summed E-state index contributed by atoms with van der Waals surface area (Å²) in [6.07, 6.45) is 0.667. The number of fused-ring (bicyclic) bond motifs is 1. The number of halogens is 3. The molecule has 5 rings (SSSR count). The number of nitrogens with zero attached hydrogens (tertiary/aromatic N) is 3. The van der Waals surface area contributed by atoms with Gasteiger partial charge in [-0.15, -0.1) is 0 Å². The van der Waals surface area contributed by atoms with Crippen molar-refractivity contribution in [2.24, 2.45) is 5.92 Å². The summed E-state index contributed by atoms with van der Waals surface area (Å²) < 4.78 is 75.5. The molecule has 2 aromatic heterocycles. The quantitative estimate of drug-likeness (QED) is 0.359. The Morgan fingerprint density at radius 3 is 2.52 bits per heavy atom. The van der Waals surface area contributed by atoms with Crippen LogP contribution in [0.3, 0.4) is 0 Å². The second kappa shape index (κ2) is 11.7. The van der Waals surface area contributed by atoms with Crippen LogP contribution in [0.4, 0.5) is 23.8 Å². The summed E-state index contributed by atoms with van der Waals surface area (Å²) in [5.74, 6) is -5.05. The van der Waals surface area contributed by atoms with Crippen molar-refractivity contribution in [3.05, 3.63) is 63.5 Å². The van der Waals surface area contributed by atoms with Crippen molar-refractivity contribution in [1.29, 1.82) is 0 Å². The maximum absolute atomic E-state index is 15.7. The standard InChI is InChI=1S/C30H36F3N5O5S/c1-17(36-25-22-12-21(19-8-10-44(41,42)11-9-19)27(39)37-26(22)35-16-34-25)20-6-5-7-23(24(20)31)30(32,33)13-18-14-38(15-18)28(40)43-29(2,3)4/h5-7,12,16-19H,8-11,13-15H2,1-4H3,(H2,34,35,36,37,39)/t17-/m1/s1. The van der Waals surface area contributed by atoms with Gasteiger partial charge in [-0.05, 0) is 52.5 Å². The minimum atomic E-state index is -3.48. The first-order valence-electron chi connectivity index (χ1n) is 14.5. The Bertz CT molecular complexity index is 1720. The molecule has 0 aliphatic carbocycles. The molecule has 1 atom stereocenters. The molecule has 2 N–H and O–H groups in total. The average molecular weight is 636 g/mol. The van der Waals surface area contributed by atoms with E-state index in [9.17, 15) is 18.0 Å². The summed E-state index contributed by atoms with van der Waals surface area (Å²) >= 11 is 0. The van der Waals surface area contributed by atoms with Gasteiger partial charge in [0, 0.05) is 36.6 Å². The van der Waals surface area contributed by atoms with E-state index in [1.165, 1.54) is 23.4 Å². The molecule has 2 fully saturated rings. The van der Waals surface area contributed by atoms with E-state index < -0.39 is 57.2 Å². The largest absolute Gasteiger partial charge is 0.444 e. The van der Waals surface area contributed by atoms with Crippen LogP contribution in [0.2, 0.25) is 0 Å². The number of amides is 1. The fraction of sp³-hybridized carbons (Fsp3) is 0.533. The SMILES string of the molecule is C[C@@H](Nc1ncnc2[nH]c(=O)c(C3CCS(=O)(=O)CC3)cc12)c1cccc(C(F)(F)CC2CN(C(=O)OC(C)(C)C)C2)c1F. The molecule has 238 valence electrons. The van der Waals surface area contributed by atoms with Crippen molar-refractivity contribution in [1.82, 2.24) is 19.9 Å². The Morgan fingerprint density at radius 2 is 1.86 bits per heavy atom. The molecule has 10 nitrogen and oxygen atoms in total. The van der Waals surface area contributed by atoms with Crippen LogP contribution in [-0.4, -0.2) is 64.6 Å². The molecular weight excluding hydrogens is 599 g/mol. The van der Waals surface area contributed by atoms with Gasteiger partial charge in [-0.3, -0.25) is 4.79 Å². The van der Waals surface area contributed by atoms with Gasteiger partial charge in [0.1, 0.15) is 39.0 Å². The van der Waals surface area contributed by atoms with Gasteiger partial charge in [0.2, 0.25) is 0 Å². The normalized spacial score (nSPS) is 18.6. The molecule has 0 radical (unpaired) electrons. The van der Waals surface area contributed by atoms with Gasteiger partial charge in [-0.1, -0.05) is 18.2 Å². The first-order valence-corrected chi connectivity index (χ1v) is 16.3. The molecule has 0 saturated carbocycles. The Labute approximate surface area is 253 Å². The number of aromatic amines is 1. The predicted octanol–water partition coefficient (Wildman–Crippen LogP) is 5.27. The number of benzene rings is 1. The first kappa shape index (κ1) is 31.7. The zero-order valence-electron chi connectivity index (χ0n) is 25.0. The summed E-state index contributed by atoms with van der Waals surface area (Å²) in [7, 11) is -3.13. The van der Waals surface area contributed by atoms with Crippen LogP contribution in [0.15, 0.2) is 35.4 Å². The first-order chi connectivity index (χ1) is 20.5. The van der Waals surface area contributed by atoms with Crippen molar-refractivity contribution in [3.63, 3.8) is 0 Å². The predicted molar refractivity (Wildman–Crippen MR) is 159 cm³/mol. The maximum Gasteiger partial charge on any atom is 0.410 e. The number of carbonyl (C=O) groups excluding carboxylic acids is 1. The number of alkyl halides is 2. The molecule has 4 heterocycles. The van der Waals surface area contributed by atoms with Crippen LogP contribution in [0, 0.1) is 11.7 Å². The van der Waals surface area contributed by atoms with Crippen LogP contribution in [0.1, 0.15) is 75.6 Å². The van der Waals surface area contributed by atoms with Crippen LogP contribution in [0.25, 0.3) is 11.0 Å². The number of anilines is 1. The highest BCUT2D eigenvalue weighted by Gasteiger charge is 2.43. The fourth-order valence-corrected chi connectivity index (χ4v) is 7.24. The number of sulfone groups is 1. The van der Waals surface area contributed by atoms with E-state index in [1.807, 2.05) is 0 Å². The van der Waals surface area contributed by atoms with Crippen molar-refractivity contribution < 1.29 is 31.1 Å². The summed E-state index contributed by atoms with van der Waals surface area (Å²) in [6.45, 7) is 6.98. The third kappa shape index (κ3) is 6.84. The Hall–Kier alpha value is -3.68. The van der Waals surface area contributed by atoms with Crippen LogP contribution >= 0.6 is 0 Å². The second-order valence-corrected chi connectivity index (χ2v) is 15.0. The summed E-state index contributed by atoms with van der Waals surface area (Å²) in [4.78, 5) is 37.4. The number of pyridine rings is 1. The van der Waals surface area contributed by atoms with Crippen molar-refractivity contribution >= 4 is 32.8 Å². The van der Waals surface area contributed by atoms with Crippen molar-refractivity contribution in [2.45, 2.75) is 70.4 Å². The number of carbonyl (C=O) groups is 1. The lowest BCUT2D eigenvalue weighted by molar-refractivity contribution is -0.0632. The molecule has 1 aromatic carbocycles. The van der Waals surface area contributed by atoms with Crippen LogP contribution < -0.4 is 10.9 Å². The van der Waals surface area contributed by atoms with Crippen LogP contribution in [0.5, 0.6) is 0 Å². The van der Waals surface area contributed by atoms with E-state index in [0.29, 0.717) is 23.8 Å². The summed E-state index contributed by atoms with van der Waals surface area (Å²) in [5, 5.41) is 3.51. The number of hydrogen-bond acceptors (Lipinski definition) is 8. The monoisotopic (exact) mass is 635 g/mol. The number of hydrogen-bond donors (Lipinski definition) is 2. The van der Waals surface area contributed by atoms with Gasteiger partial charge in [-0.25, -0.2) is 36.4 Å². The molecule has 0 spiro atoms. The van der Waals surface area contributed by atoms with Crippen molar-refractivity contribution in [3.8, 4) is 0 Å². The Balaban J connectivity index is 1.33. The number of nitrogens with one attached hydrogen (secondary N) is 2. The third-order valence-electron chi connectivity index (χ3n) is 8.07. The van der Waals surface area contributed by atoms with E-state index in [-0.39, 0.29) is 53.1 Å². The van der Waals surface area contributed by atoms with E-state index in [4.69, 9.17) is 4.74 Å². The topological polar surface area (TPSA) is 134 Å². The van der Waals surface area contributed by atoms with Gasteiger partial charge >= 0.3 is 6.09 Å². The summed E-state index contributed by atoms with van der Waals surface area (Å²) in [5.41, 5.74) is -1.16. The van der Waals surface area contributed by atoms with Gasteiger partial charge < -0.3 is 19.9 Å². The van der Waals surface area contributed by atoms with Gasteiger partial charge in [0.05, 0.1) is 28.5 Å². The molecule has 0 bridgehead atoms. The minimum absolute atomic E-state index is 0.0000587. The minimum Gasteiger partial charge on any atom is -0.444 e. The van der Waals surface area contributed by atoms with E-state index >= 15 is 13.2 Å². The zero-order chi connectivity index (χ0) is 32.0. The van der Waals surface area contributed by atoms with E-state index in [0.717, 1.165) is 6.07 Å². The number of ether oxygens (including phenoxy) is 1. The average Bonchev–Trinajstić information content (AvgIpc) is 2.89. The maximum atomic E-state index is 15.7. The molecule has 1 amide bonds. The molecule has 14 heteroatoms. The molecule has 0 unspecified atom stereocenters. The lowest BCUT2D eigenvalue weighted by Crippen LogP contribution is -2.52. The number of rotatable bonds is 7. The fourth-order valence-electron chi connectivity index (χ4n) is 5.75. The van der Waals surface area contributed by atoms with E-state index in [1.54, 1.807) is 33.8 Å². The Kier molecular flexibility index (Phi) is 8.42. The number of likely N-dealkylation sites (tertiary alicyclic amines) is 1. The van der Waals surface area contributed by atoms with Crippen molar-refractivity contribution in [2.75, 3.05) is 29.9 Å². The molecule has 3 aromatic rings. The second-order valence-electron chi connectivity index (χ2n) is 12.7. The lowest BCUT2D eigenvalue weighted by atomic mass is 9.89. The molecule has 2 aliphatic rings. The molecule has 2 saturated heterocycles. The van der Waals surface area contributed by atoms with Gasteiger partial charge in [0.15, 0.2) is 0 Å². The molecular formula is C30H36F3N5O5S. The van der Waals surface area contributed by atoms with Crippen LogP contribution in [-0.2, 0) is 20.5 Å². The zero-order valence-corrected chi connectivity index (χ0v) is 25.8. The smallest absolute Gasteiger partial charge is 0.410 e. The number of H-pyrrole nitrogens is 1. The number of aromatic nitrogens is 3. The molecule has 2 aliphatic heterocycles. The highest BCUT2D eigenvalue weighted by atomic mass is 32.2. The lowest BCUT2D eigenvalue weighted by Gasteiger charge is -2.41. The van der Waals surface area contributed by atoms with Gasteiger partial charge in [-0.2, -0.15) is 0 Å². The third-order valence-corrected chi connectivity index (χ3v) is 9.78. The van der Waals surface area contributed by atoms with Gasteiger partial charge in [0.25, 0.3) is 11.5 Å². The Morgan fingerprint density at radius 1 is 1.18 bits per heavy atom. The highest BCUT2D eigenvalue weighted by Crippen LogP contribution is 2.41. The highest BCUT2D eigenvalue weighted by molar-refractivity contribution is 7.91.